The second-order valence-corrected chi connectivity index (χ2v) is 6.31. The second-order valence-electron chi connectivity index (χ2n) is 4.54. The van der Waals surface area contributed by atoms with Crippen LogP contribution in [0.3, 0.4) is 0 Å². The molecule has 0 bridgehead atoms. The average molecular weight is 286 g/mol. The highest BCUT2D eigenvalue weighted by molar-refractivity contribution is 7.89. The predicted molar refractivity (Wildman–Crippen MR) is 75.9 cm³/mol. The number of benzene rings is 1. The summed E-state index contributed by atoms with van der Waals surface area (Å²) in [7, 11) is -1.94. The van der Waals surface area contributed by atoms with Gasteiger partial charge in [-0.1, -0.05) is 19.9 Å². The zero-order chi connectivity index (χ0) is 14.3. The first kappa shape index (κ1) is 15.9. The predicted octanol–water partition coefficient (Wildman–Crippen LogP) is 1.36. The lowest BCUT2D eigenvalue weighted by Gasteiger charge is -2.10. The molecular formula is C13H22N2O3S. The van der Waals surface area contributed by atoms with Gasteiger partial charge in [-0.2, -0.15) is 0 Å². The van der Waals surface area contributed by atoms with Crippen molar-refractivity contribution >= 4 is 10.0 Å². The van der Waals surface area contributed by atoms with Crippen molar-refractivity contribution in [2.45, 2.75) is 31.2 Å². The Hall–Kier alpha value is -1.11. The van der Waals surface area contributed by atoms with Gasteiger partial charge in [-0.15, -0.1) is 0 Å². The van der Waals surface area contributed by atoms with Gasteiger partial charge in [-0.05, 0) is 25.1 Å². The van der Waals surface area contributed by atoms with Crippen LogP contribution in [0, 0.1) is 0 Å². The van der Waals surface area contributed by atoms with E-state index in [1.165, 1.54) is 13.2 Å². The zero-order valence-corrected chi connectivity index (χ0v) is 12.5. The molecule has 0 spiro atoms. The van der Waals surface area contributed by atoms with Crippen LogP contribution in [-0.2, 0) is 10.0 Å². The summed E-state index contributed by atoms with van der Waals surface area (Å²) >= 11 is 0. The van der Waals surface area contributed by atoms with E-state index < -0.39 is 10.0 Å². The van der Waals surface area contributed by atoms with E-state index >= 15 is 0 Å². The first-order valence-electron chi connectivity index (χ1n) is 6.33. The van der Waals surface area contributed by atoms with Crippen molar-refractivity contribution in [2.75, 3.05) is 20.2 Å². The molecule has 0 aromatic heterocycles. The molecule has 1 rings (SSSR count). The highest BCUT2D eigenvalue weighted by atomic mass is 32.2. The summed E-state index contributed by atoms with van der Waals surface area (Å²) in [6.45, 7) is 5.32. The lowest BCUT2D eigenvalue weighted by Crippen LogP contribution is -2.29. The standard InChI is InChI=1S/C13H22N2O3S/c1-11(2)14-8-5-9-15-19(16,17)13-7-4-6-12(10-13)18-3/h4,6-7,10-11,14-15H,5,8-9H2,1-3H3. The van der Waals surface area contributed by atoms with E-state index in [1.54, 1.807) is 18.2 Å². The molecule has 1 aromatic carbocycles. The third-order valence-electron chi connectivity index (χ3n) is 2.55. The zero-order valence-electron chi connectivity index (χ0n) is 11.6. The Labute approximate surface area is 115 Å². The quantitative estimate of drug-likeness (QED) is 0.708. The molecule has 0 amide bonds. The molecule has 0 saturated carbocycles. The van der Waals surface area contributed by atoms with Gasteiger partial charge in [-0.3, -0.25) is 0 Å². The van der Waals surface area contributed by atoms with Gasteiger partial charge in [0, 0.05) is 18.7 Å². The molecule has 0 aliphatic carbocycles. The van der Waals surface area contributed by atoms with Crippen molar-refractivity contribution in [1.29, 1.82) is 0 Å². The molecule has 0 aliphatic heterocycles. The molecule has 1 aromatic rings. The maximum atomic E-state index is 12.0. The van der Waals surface area contributed by atoms with Crippen LogP contribution in [0.15, 0.2) is 29.2 Å². The Bertz CT molecular complexity index is 486. The SMILES string of the molecule is COc1cccc(S(=O)(=O)NCCCNC(C)C)c1. The van der Waals surface area contributed by atoms with Gasteiger partial charge in [0.1, 0.15) is 5.75 Å². The minimum absolute atomic E-state index is 0.226. The Morgan fingerprint density at radius 3 is 2.63 bits per heavy atom. The van der Waals surface area contributed by atoms with Crippen molar-refractivity contribution in [3.05, 3.63) is 24.3 Å². The van der Waals surface area contributed by atoms with Gasteiger partial charge in [-0.25, -0.2) is 13.1 Å². The van der Waals surface area contributed by atoms with Gasteiger partial charge in [0.25, 0.3) is 0 Å². The summed E-state index contributed by atoms with van der Waals surface area (Å²) in [6.07, 6.45) is 0.751. The highest BCUT2D eigenvalue weighted by Crippen LogP contribution is 2.16. The highest BCUT2D eigenvalue weighted by Gasteiger charge is 2.13. The fourth-order valence-corrected chi connectivity index (χ4v) is 2.65. The van der Waals surface area contributed by atoms with E-state index in [0.717, 1.165) is 13.0 Å². The third kappa shape index (κ3) is 5.59. The van der Waals surface area contributed by atoms with Crippen LogP contribution in [0.4, 0.5) is 0 Å². The number of methoxy groups -OCH3 is 1. The van der Waals surface area contributed by atoms with E-state index in [-0.39, 0.29) is 4.90 Å². The van der Waals surface area contributed by atoms with Crippen LogP contribution in [0.2, 0.25) is 0 Å². The molecule has 0 heterocycles. The molecule has 0 aliphatic rings. The molecule has 0 radical (unpaired) electrons. The summed E-state index contributed by atoms with van der Waals surface area (Å²) in [4.78, 5) is 0.226. The molecule has 19 heavy (non-hydrogen) atoms. The first-order valence-corrected chi connectivity index (χ1v) is 7.81. The van der Waals surface area contributed by atoms with Crippen molar-refractivity contribution in [3.63, 3.8) is 0 Å². The Balaban J connectivity index is 2.51. The minimum atomic E-state index is -3.45. The largest absolute Gasteiger partial charge is 0.497 e. The molecule has 108 valence electrons. The Morgan fingerprint density at radius 2 is 2.00 bits per heavy atom. The van der Waals surface area contributed by atoms with Crippen LogP contribution in [-0.4, -0.2) is 34.7 Å². The summed E-state index contributed by atoms with van der Waals surface area (Å²) in [5.74, 6) is 0.532. The van der Waals surface area contributed by atoms with Gasteiger partial charge in [0.05, 0.1) is 12.0 Å². The molecule has 0 atom stereocenters. The third-order valence-corrected chi connectivity index (χ3v) is 4.01. The molecule has 2 N–H and O–H groups in total. The first-order chi connectivity index (χ1) is 8.95. The van der Waals surface area contributed by atoms with Crippen molar-refractivity contribution in [3.8, 4) is 5.75 Å². The number of nitrogens with one attached hydrogen (secondary N) is 2. The molecule has 0 saturated heterocycles. The van der Waals surface area contributed by atoms with E-state index in [1.807, 2.05) is 0 Å². The average Bonchev–Trinajstić information content (AvgIpc) is 2.38. The molecule has 5 nitrogen and oxygen atoms in total. The summed E-state index contributed by atoms with van der Waals surface area (Å²) in [5, 5.41) is 3.23. The lowest BCUT2D eigenvalue weighted by molar-refractivity contribution is 0.413. The Morgan fingerprint density at radius 1 is 1.26 bits per heavy atom. The smallest absolute Gasteiger partial charge is 0.240 e. The maximum Gasteiger partial charge on any atom is 0.240 e. The van der Waals surface area contributed by atoms with Crippen LogP contribution in [0.25, 0.3) is 0 Å². The monoisotopic (exact) mass is 286 g/mol. The van der Waals surface area contributed by atoms with E-state index in [9.17, 15) is 8.42 Å². The van der Waals surface area contributed by atoms with Crippen molar-refractivity contribution < 1.29 is 13.2 Å². The molecule has 6 heteroatoms. The summed E-state index contributed by atoms with van der Waals surface area (Å²) in [5.41, 5.74) is 0. The van der Waals surface area contributed by atoms with Gasteiger partial charge < -0.3 is 10.1 Å². The number of hydrogen-bond donors (Lipinski definition) is 2. The van der Waals surface area contributed by atoms with E-state index in [2.05, 4.69) is 23.9 Å². The van der Waals surface area contributed by atoms with Gasteiger partial charge in [0.2, 0.25) is 10.0 Å². The van der Waals surface area contributed by atoms with E-state index in [0.29, 0.717) is 18.3 Å². The van der Waals surface area contributed by atoms with Crippen LogP contribution < -0.4 is 14.8 Å². The van der Waals surface area contributed by atoms with Crippen molar-refractivity contribution in [2.24, 2.45) is 0 Å². The molecular weight excluding hydrogens is 264 g/mol. The normalized spacial score (nSPS) is 11.8. The fourth-order valence-electron chi connectivity index (χ4n) is 1.54. The number of hydrogen-bond acceptors (Lipinski definition) is 4. The van der Waals surface area contributed by atoms with Crippen molar-refractivity contribution in [1.82, 2.24) is 10.0 Å². The Kier molecular flexibility index (Phi) is 6.27. The minimum Gasteiger partial charge on any atom is -0.497 e. The molecule has 0 fully saturated rings. The number of rotatable bonds is 8. The number of sulfonamides is 1. The number of ether oxygens (including phenoxy) is 1. The lowest BCUT2D eigenvalue weighted by atomic mass is 10.3. The summed E-state index contributed by atoms with van der Waals surface area (Å²) < 4.78 is 31.6. The second kappa shape index (κ2) is 7.47. The fraction of sp³-hybridized carbons (Fsp3) is 0.538. The van der Waals surface area contributed by atoms with Crippen LogP contribution >= 0.6 is 0 Å². The van der Waals surface area contributed by atoms with Gasteiger partial charge in [0.15, 0.2) is 0 Å². The van der Waals surface area contributed by atoms with Gasteiger partial charge >= 0.3 is 0 Å². The van der Waals surface area contributed by atoms with Crippen LogP contribution in [0.1, 0.15) is 20.3 Å². The molecule has 0 unspecified atom stereocenters. The topological polar surface area (TPSA) is 67.4 Å². The van der Waals surface area contributed by atoms with Crippen LogP contribution in [0.5, 0.6) is 5.75 Å². The maximum absolute atomic E-state index is 12.0. The van der Waals surface area contributed by atoms with E-state index in [4.69, 9.17) is 4.74 Å². The summed E-state index contributed by atoms with van der Waals surface area (Å²) in [6, 6.07) is 6.85.